The Labute approximate surface area is 175 Å². The molecule has 1 aliphatic rings. The Balaban J connectivity index is 1.43. The highest BCUT2D eigenvalue weighted by atomic mass is 35.5. The van der Waals surface area contributed by atoms with Gasteiger partial charge in [-0.1, -0.05) is 55.1 Å². The highest BCUT2D eigenvalue weighted by Gasteiger charge is 2.16. The molecular formula is C23H24ClNO4. The predicted molar refractivity (Wildman–Crippen MR) is 111 cm³/mol. The summed E-state index contributed by atoms with van der Waals surface area (Å²) in [6.07, 6.45) is 6.23. The highest BCUT2D eigenvalue weighted by Crippen LogP contribution is 2.32. The lowest BCUT2D eigenvalue weighted by atomic mass is 9.84. The predicted octanol–water partition coefficient (Wildman–Crippen LogP) is 4.54. The smallest absolute Gasteiger partial charge is 0.325 e. The first kappa shape index (κ1) is 21.1. The molecule has 0 aromatic heterocycles. The Morgan fingerprint density at radius 1 is 0.897 bits per heavy atom. The summed E-state index contributed by atoms with van der Waals surface area (Å²) in [4.78, 5) is 36.0. The van der Waals surface area contributed by atoms with E-state index in [-0.39, 0.29) is 18.9 Å². The highest BCUT2D eigenvalue weighted by molar-refractivity contribution is 6.30. The summed E-state index contributed by atoms with van der Waals surface area (Å²) >= 11 is 5.78. The molecule has 1 saturated carbocycles. The van der Waals surface area contributed by atoms with Gasteiger partial charge in [-0.3, -0.25) is 14.4 Å². The Morgan fingerprint density at radius 3 is 2.17 bits per heavy atom. The van der Waals surface area contributed by atoms with Gasteiger partial charge in [0, 0.05) is 16.1 Å². The number of Topliss-reactive ketones (excluding diaryl/α,β-unsaturated/α-hetero) is 1. The first-order chi connectivity index (χ1) is 14.0. The van der Waals surface area contributed by atoms with Crippen LogP contribution in [0.4, 0.5) is 0 Å². The lowest BCUT2D eigenvalue weighted by Crippen LogP contribution is -2.31. The number of amides is 1. The molecule has 152 valence electrons. The van der Waals surface area contributed by atoms with E-state index in [4.69, 9.17) is 16.3 Å². The monoisotopic (exact) mass is 413 g/mol. The quantitative estimate of drug-likeness (QED) is 0.534. The zero-order chi connectivity index (χ0) is 20.6. The van der Waals surface area contributed by atoms with E-state index < -0.39 is 11.9 Å². The Bertz CT molecular complexity index is 855. The van der Waals surface area contributed by atoms with Crippen LogP contribution in [0, 0.1) is 0 Å². The zero-order valence-corrected chi connectivity index (χ0v) is 16.9. The van der Waals surface area contributed by atoms with Gasteiger partial charge >= 0.3 is 5.97 Å². The molecule has 1 N–H and O–H groups in total. The molecule has 29 heavy (non-hydrogen) atoms. The third kappa shape index (κ3) is 6.16. The average molecular weight is 414 g/mol. The molecule has 0 saturated heterocycles. The van der Waals surface area contributed by atoms with Crippen molar-refractivity contribution in [1.82, 2.24) is 5.32 Å². The maximum Gasteiger partial charge on any atom is 0.325 e. The maximum atomic E-state index is 12.3. The minimum absolute atomic E-state index is 0.266. The molecule has 0 bridgehead atoms. The van der Waals surface area contributed by atoms with Crippen LogP contribution in [-0.2, 0) is 9.53 Å². The van der Waals surface area contributed by atoms with E-state index in [1.165, 1.54) is 37.7 Å². The maximum absolute atomic E-state index is 12.3. The lowest BCUT2D eigenvalue weighted by Gasteiger charge is -2.22. The van der Waals surface area contributed by atoms with E-state index in [0.717, 1.165) is 0 Å². The summed E-state index contributed by atoms with van der Waals surface area (Å²) < 4.78 is 4.99. The van der Waals surface area contributed by atoms with Crippen LogP contribution in [0.5, 0.6) is 0 Å². The van der Waals surface area contributed by atoms with Crippen LogP contribution in [0.15, 0.2) is 48.5 Å². The number of carbonyl (C=O) groups is 3. The van der Waals surface area contributed by atoms with E-state index in [2.05, 4.69) is 5.32 Å². The normalized spacial score (nSPS) is 14.2. The molecule has 0 unspecified atom stereocenters. The molecule has 6 heteroatoms. The summed E-state index contributed by atoms with van der Waals surface area (Å²) in [5, 5.41) is 2.98. The number of rotatable bonds is 7. The second kappa shape index (κ2) is 10.2. The SMILES string of the molecule is O=C(CNC(=O)c1ccc(Cl)cc1)OCC(=O)c1ccc(C2CCCCC2)cc1. The lowest BCUT2D eigenvalue weighted by molar-refractivity contribution is -0.141. The molecule has 0 spiro atoms. The van der Waals surface area contributed by atoms with Crippen molar-refractivity contribution in [3.05, 3.63) is 70.2 Å². The number of benzene rings is 2. The fourth-order valence-electron chi connectivity index (χ4n) is 3.51. The topological polar surface area (TPSA) is 72.5 Å². The third-order valence-corrected chi connectivity index (χ3v) is 5.43. The molecule has 3 rings (SSSR count). The van der Waals surface area contributed by atoms with Gasteiger partial charge in [-0.05, 0) is 48.6 Å². The first-order valence-electron chi connectivity index (χ1n) is 9.85. The van der Waals surface area contributed by atoms with E-state index in [9.17, 15) is 14.4 Å². The number of ether oxygens (including phenoxy) is 1. The van der Waals surface area contributed by atoms with Gasteiger partial charge in [0.05, 0.1) is 0 Å². The largest absolute Gasteiger partial charge is 0.456 e. The molecular weight excluding hydrogens is 390 g/mol. The number of nitrogens with one attached hydrogen (secondary N) is 1. The number of esters is 1. The second-order valence-electron chi connectivity index (χ2n) is 7.23. The van der Waals surface area contributed by atoms with E-state index in [0.29, 0.717) is 22.1 Å². The molecule has 0 aliphatic heterocycles. The second-order valence-corrected chi connectivity index (χ2v) is 7.67. The molecule has 2 aromatic rings. The molecule has 1 amide bonds. The van der Waals surface area contributed by atoms with Crippen LogP contribution < -0.4 is 5.32 Å². The summed E-state index contributed by atoms with van der Waals surface area (Å²) in [6.45, 7) is -0.659. The summed E-state index contributed by atoms with van der Waals surface area (Å²) in [5.41, 5.74) is 2.17. The molecule has 1 aliphatic carbocycles. The van der Waals surface area contributed by atoms with Gasteiger partial charge in [0.2, 0.25) is 0 Å². The van der Waals surface area contributed by atoms with E-state index in [1.54, 1.807) is 36.4 Å². The average Bonchev–Trinajstić information content (AvgIpc) is 2.77. The number of ketones is 1. The Hall–Kier alpha value is -2.66. The Kier molecular flexibility index (Phi) is 7.42. The van der Waals surface area contributed by atoms with Gasteiger partial charge in [-0.25, -0.2) is 0 Å². The number of hydrogen-bond donors (Lipinski definition) is 1. The van der Waals surface area contributed by atoms with Crippen LogP contribution in [0.3, 0.4) is 0 Å². The minimum Gasteiger partial charge on any atom is -0.456 e. The fourth-order valence-corrected chi connectivity index (χ4v) is 3.64. The van der Waals surface area contributed by atoms with Gasteiger partial charge < -0.3 is 10.1 Å². The summed E-state index contributed by atoms with van der Waals surface area (Å²) in [5.74, 6) is -0.768. The minimum atomic E-state index is -0.667. The summed E-state index contributed by atoms with van der Waals surface area (Å²) in [6, 6.07) is 13.9. The van der Waals surface area contributed by atoms with Crippen molar-refractivity contribution < 1.29 is 19.1 Å². The zero-order valence-electron chi connectivity index (χ0n) is 16.2. The molecule has 0 radical (unpaired) electrons. The van der Waals surface area contributed by atoms with Crippen LogP contribution in [0.1, 0.15) is 64.3 Å². The van der Waals surface area contributed by atoms with Gasteiger partial charge in [0.1, 0.15) is 6.54 Å². The first-order valence-corrected chi connectivity index (χ1v) is 10.2. The van der Waals surface area contributed by atoms with E-state index in [1.807, 2.05) is 12.1 Å². The van der Waals surface area contributed by atoms with Crippen LogP contribution in [0.25, 0.3) is 0 Å². The van der Waals surface area contributed by atoms with Crippen molar-refractivity contribution >= 4 is 29.3 Å². The van der Waals surface area contributed by atoms with Crippen LogP contribution in [-0.4, -0.2) is 30.8 Å². The van der Waals surface area contributed by atoms with Crippen molar-refractivity contribution in [2.75, 3.05) is 13.2 Å². The number of halogens is 1. The molecule has 0 heterocycles. The summed E-state index contributed by atoms with van der Waals surface area (Å²) in [7, 11) is 0. The van der Waals surface area contributed by atoms with Gasteiger partial charge in [-0.15, -0.1) is 0 Å². The van der Waals surface area contributed by atoms with Crippen molar-refractivity contribution in [2.45, 2.75) is 38.0 Å². The molecule has 0 atom stereocenters. The van der Waals surface area contributed by atoms with Crippen molar-refractivity contribution in [3.8, 4) is 0 Å². The van der Waals surface area contributed by atoms with E-state index >= 15 is 0 Å². The Morgan fingerprint density at radius 2 is 1.52 bits per heavy atom. The number of carbonyl (C=O) groups excluding carboxylic acids is 3. The third-order valence-electron chi connectivity index (χ3n) is 5.17. The van der Waals surface area contributed by atoms with Gasteiger partial charge in [0.25, 0.3) is 5.91 Å². The standard InChI is InChI=1S/C23H24ClNO4/c24-20-12-10-19(11-13-20)23(28)25-14-22(27)29-15-21(26)18-8-6-17(7-9-18)16-4-2-1-3-5-16/h6-13,16H,1-5,14-15H2,(H,25,28). The molecule has 1 fully saturated rings. The van der Waals surface area contributed by atoms with Crippen molar-refractivity contribution in [2.24, 2.45) is 0 Å². The fraction of sp³-hybridized carbons (Fsp3) is 0.348. The van der Waals surface area contributed by atoms with Crippen LogP contribution >= 0.6 is 11.6 Å². The van der Waals surface area contributed by atoms with Crippen molar-refractivity contribution in [1.29, 1.82) is 0 Å². The van der Waals surface area contributed by atoms with Crippen LogP contribution in [0.2, 0.25) is 5.02 Å². The van der Waals surface area contributed by atoms with Crippen molar-refractivity contribution in [3.63, 3.8) is 0 Å². The van der Waals surface area contributed by atoms with Gasteiger partial charge in [-0.2, -0.15) is 0 Å². The number of hydrogen-bond acceptors (Lipinski definition) is 4. The molecule has 2 aromatic carbocycles. The van der Waals surface area contributed by atoms with Gasteiger partial charge in [0.15, 0.2) is 12.4 Å². The molecule has 5 nitrogen and oxygen atoms in total.